The third-order valence-corrected chi connectivity index (χ3v) is 6.42. The van der Waals surface area contributed by atoms with Crippen molar-refractivity contribution in [1.29, 1.82) is 0 Å². The van der Waals surface area contributed by atoms with Crippen LogP contribution >= 0.6 is 0 Å². The van der Waals surface area contributed by atoms with Gasteiger partial charge in [-0.3, -0.25) is 0 Å². The van der Waals surface area contributed by atoms with Crippen molar-refractivity contribution < 1.29 is 10.0 Å². The topological polar surface area (TPSA) is 84.8 Å². The van der Waals surface area contributed by atoms with Crippen molar-refractivity contribution in [2.45, 2.75) is 38.8 Å². The molecule has 1 unspecified atom stereocenters. The maximum absolute atomic E-state index is 9.83. The van der Waals surface area contributed by atoms with Crippen LogP contribution in [0.1, 0.15) is 30.2 Å². The van der Waals surface area contributed by atoms with Crippen LogP contribution in [-0.2, 0) is 19.4 Å². The molecule has 0 amide bonds. The quantitative estimate of drug-likeness (QED) is 0.537. The largest absolute Gasteiger partial charge is 0.488 e. The molecule has 8 heteroatoms. The standard InChI is InChI=1S/C24H28BN5O2/c1-16-14-18-19(25(31)32)10-6-12-21(18)30(16)24-27-20-11-7-13-29(2)22(20)23(28-24)26-15-17-8-4-3-5-9-17/h3-6,8-10,12,16,31-32H,7,11,13-15H2,1-2H3,(H,26,27,28). The molecule has 3 heterocycles. The van der Waals surface area contributed by atoms with Gasteiger partial charge in [0.2, 0.25) is 5.95 Å². The Morgan fingerprint density at radius 1 is 1.09 bits per heavy atom. The highest BCUT2D eigenvalue weighted by Gasteiger charge is 2.34. The first-order valence-electron chi connectivity index (χ1n) is 11.2. The number of rotatable bonds is 5. The van der Waals surface area contributed by atoms with Gasteiger partial charge in [-0.1, -0.05) is 42.5 Å². The Balaban J connectivity index is 1.56. The number of aromatic nitrogens is 2. The molecule has 3 N–H and O–H groups in total. The Kier molecular flexibility index (Phi) is 5.49. The highest BCUT2D eigenvalue weighted by Crippen LogP contribution is 2.39. The van der Waals surface area contributed by atoms with Gasteiger partial charge >= 0.3 is 7.12 Å². The van der Waals surface area contributed by atoms with Crippen molar-refractivity contribution in [1.82, 2.24) is 9.97 Å². The van der Waals surface area contributed by atoms with E-state index < -0.39 is 7.12 Å². The summed E-state index contributed by atoms with van der Waals surface area (Å²) >= 11 is 0. The van der Waals surface area contributed by atoms with E-state index in [0.717, 1.165) is 54.3 Å². The Labute approximate surface area is 188 Å². The van der Waals surface area contributed by atoms with Gasteiger partial charge in [-0.05, 0) is 48.8 Å². The first-order valence-corrected chi connectivity index (χ1v) is 11.2. The van der Waals surface area contributed by atoms with Gasteiger partial charge < -0.3 is 25.2 Å². The van der Waals surface area contributed by atoms with Crippen LogP contribution in [0.5, 0.6) is 0 Å². The molecular formula is C24H28BN5O2. The second kappa shape index (κ2) is 8.45. The summed E-state index contributed by atoms with van der Waals surface area (Å²) in [5.74, 6) is 1.50. The van der Waals surface area contributed by atoms with E-state index in [9.17, 15) is 10.0 Å². The molecule has 0 radical (unpaired) electrons. The van der Waals surface area contributed by atoms with Gasteiger partial charge in [-0.25, -0.2) is 4.98 Å². The molecule has 3 aromatic rings. The summed E-state index contributed by atoms with van der Waals surface area (Å²) in [6, 6.07) is 16.1. The van der Waals surface area contributed by atoms with Gasteiger partial charge in [-0.15, -0.1) is 0 Å². The molecule has 0 spiro atoms. The molecular weight excluding hydrogens is 401 g/mol. The van der Waals surface area contributed by atoms with Crippen LogP contribution in [-0.4, -0.2) is 46.8 Å². The summed E-state index contributed by atoms with van der Waals surface area (Å²) in [6.45, 7) is 3.79. The molecule has 0 fully saturated rings. The Bertz CT molecular complexity index is 1120. The highest BCUT2D eigenvalue weighted by molar-refractivity contribution is 6.59. The summed E-state index contributed by atoms with van der Waals surface area (Å²) in [7, 11) is 0.607. The Hall–Kier alpha value is -3.10. The smallest absolute Gasteiger partial charge is 0.423 e. The minimum absolute atomic E-state index is 0.117. The van der Waals surface area contributed by atoms with E-state index >= 15 is 0 Å². The van der Waals surface area contributed by atoms with Crippen LogP contribution in [0.2, 0.25) is 0 Å². The van der Waals surface area contributed by atoms with E-state index in [4.69, 9.17) is 9.97 Å². The average molecular weight is 429 g/mol. The second-order valence-corrected chi connectivity index (χ2v) is 8.67. The predicted octanol–water partition coefficient (Wildman–Crippen LogP) is 2.23. The molecule has 0 bridgehead atoms. The molecule has 2 aliphatic heterocycles. The van der Waals surface area contributed by atoms with E-state index in [1.807, 2.05) is 30.3 Å². The van der Waals surface area contributed by atoms with Crippen LogP contribution in [0.25, 0.3) is 0 Å². The molecule has 2 aliphatic rings. The molecule has 5 rings (SSSR count). The van der Waals surface area contributed by atoms with Crippen LogP contribution in [0, 0.1) is 0 Å². The minimum Gasteiger partial charge on any atom is -0.423 e. The van der Waals surface area contributed by atoms with E-state index in [1.165, 1.54) is 5.56 Å². The van der Waals surface area contributed by atoms with E-state index in [-0.39, 0.29) is 6.04 Å². The Morgan fingerprint density at radius 3 is 2.69 bits per heavy atom. The van der Waals surface area contributed by atoms with E-state index in [1.54, 1.807) is 6.07 Å². The zero-order valence-corrected chi connectivity index (χ0v) is 18.5. The fraction of sp³-hybridized carbons (Fsp3) is 0.333. The fourth-order valence-electron chi connectivity index (χ4n) is 4.88. The summed E-state index contributed by atoms with van der Waals surface area (Å²) in [4.78, 5) is 14.4. The summed E-state index contributed by atoms with van der Waals surface area (Å²) < 4.78 is 0. The first kappa shape index (κ1) is 20.8. The SMILES string of the molecule is CC1Cc2c(B(O)O)cccc2N1c1nc2c(c(NCc3ccccc3)n1)N(C)CCC2. The van der Waals surface area contributed by atoms with Crippen molar-refractivity contribution in [3.63, 3.8) is 0 Å². The predicted molar refractivity (Wildman–Crippen MR) is 129 cm³/mol. The summed E-state index contributed by atoms with van der Waals surface area (Å²) in [5, 5.41) is 23.2. The number of hydrogen-bond acceptors (Lipinski definition) is 7. The van der Waals surface area contributed by atoms with E-state index in [0.29, 0.717) is 18.0 Å². The molecule has 1 aromatic heterocycles. The summed E-state index contributed by atoms with van der Waals surface area (Å²) in [6.07, 6.45) is 2.70. The molecule has 0 aliphatic carbocycles. The van der Waals surface area contributed by atoms with Gasteiger partial charge in [0.1, 0.15) is 5.69 Å². The van der Waals surface area contributed by atoms with Crippen molar-refractivity contribution in [2.24, 2.45) is 0 Å². The van der Waals surface area contributed by atoms with Crippen LogP contribution < -0.4 is 20.6 Å². The summed E-state index contributed by atoms with van der Waals surface area (Å²) in [5.41, 5.74) is 5.77. The van der Waals surface area contributed by atoms with Crippen molar-refractivity contribution in [3.05, 3.63) is 65.4 Å². The molecule has 164 valence electrons. The number of benzene rings is 2. The molecule has 32 heavy (non-hydrogen) atoms. The van der Waals surface area contributed by atoms with Gasteiger partial charge in [0, 0.05) is 31.9 Å². The van der Waals surface area contributed by atoms with Crippen LogP contribution in [0.4, 0.5) is 23.1 Å². The third kappa shape index (κ3) is 3.69. The Morgan fingerprint density at radius 2 is 1.91 bits per heavy atom. The highest BCUT2D eigenvalue weighted by atomic mass is 16.4. The van der Waals surface area contributed by atoms with Gasteiger partial charge in [-0.2, -0.15) is 4.98 Å². The zero-order chi connectivity index (χ0) is 22.2. The number of aryl methyl sites for hydroxylation is 1. The van der Waals surface area contributed by atoms with Crippen molar-refractivity contribution in [2.75, 3.05) is 28.7 Å². The van der Waals surface area contributed by atoms with Crippen LogP contribution in [0.15, 0.2) is 48.5 Å². The number of nitrogens with one attached hydrogen (secondary N) is 1. The number of fused-ring (bicyclic) bond motifs is 2. The van der Waals surface area contributed by atoms with Gasteiger partial charge in [0.25, 0.3) is 0 Å². The molecule has 0 saturated heterocycles. The number of nitrogens with zero attached hydrogens (tertiary/aromatic N) is 4. The molecule has 7 nitrogen and oxygen atoms in total. The second-order valence-electron chi connectivity index (χ2n) is 8.67. The molecule has 1 atom stereocenters. The lowest BCUT2D eigenvalue weighted by atomic mass is 9.76. The average Bonchev–Trinajstić information content (AvgIpc) is 3.13. The lowest BCUT2D eigenvalue weighted by Crippen LogP contribution is -2.32. The van der Waals surface area contributed by atoms with Gasteiger partial charge in [0.15, 0.2) is 5.82 Å². The van der Waals surface area contributed by atoms with E-state index in [2.05, 4.69) is 41.2 Å². The monoisotopic (exact) mass is 429 g/mol. The zero-order valence-electron chi connectivity index (χ0n) is 18.5. The molecule has 0 saturated carbocycles. The normalized spacial score (nSPS) is 17.2. The van der Waals surface area contributed by atoms with Gasteiger partial charge in [0.05, 0.1) is 5.69 Å². The van der Waals surface area contributed by atoms with Crippen LogP contribution in [0.3, 0.4) is 0 Å². The maximum atomic E-state index is 9.83. The van der Waals surface area contributed by atoms with Crippen molar-refractivity contribution in [3.8, 4) is 0 Å². The lowest BCUT2D eigenvalue weighted by Gasteiger charge is -2.31. The maximum Gasteiger partial charge on any atom is 0.488 e. The fourth-order valence-corrected chi connectivity index (χ4v) is 4.88. The van der Waals surface area contributed by atoms with Crippen molar-refractivity contribution >= 4 is 35.7 Å². The lowest BCUT2D eigenvalue weighted by molar-refractivity contribution is 0.425. The number of anilines is 4. The number of hydrogen-bond donors (Lipinski definition) is 3. The first-order chi connectivity index (χ1) is 15.5. The third-order valence-electron chi connectivity index (χ3n) is 6.42. The molecule has 2 aromatic carbocycles. The minimum atomic E-state index is -1.49.